The molecule has 0 unspecified atom stereocenters. The number of halogens is 1. The maximum atomic E-state index is 4.46. The molecule has 2 aliphatic rings. The van der Waals surface area contributed by atoms with Crippen LogP contribution in [-0.2, 0) is 13.1 Å². The van der Waals surface area contributed by atoms with Crippen LogP contribution < -0.4 is 5.32 Å². The van der Waals surface area contributed by atoms with Crippen molar-refractivity contribution in [3.63, 3.8) is 0 Å². The second-order valence-electron chi connectivity index (χ2n) is 7.07. The van der Waals surface area contributed by atoms with Gasteiger partial charge >= 0.3 is 0 Å². The number of likely N-dealkylation sites (tertiary alicyclic amines) is 1. The first-order valence-corrected chi connectivity index (χ1v) is 9.77. The van der Waals surface area contributed by atoms with Gasteiger partial charge in [0.1, 0.15) is 0 Å². The predicted molar refractivity (Wildman–Crippen MR) is 120 cm³/mol. The normalized spacial score (nSPS) is 19.5. The van der Waals surface area contributed by atoms with E-state index in [2.05, 4.69) is 56.2 Å². The summed E-state index contributed by atoms with van der Waals surface area (Å²) < 4.78 is 0. The Hall–Kier alpha value is -0.860. The topological polar surface area (TPSA) is 34.1 Å². The molecule has 0 saturated carbocycles. The Bertz CT molecular complexity index is 563. The molecule has 0 amide bonds. The molecule has 1 aromatic rings. The van der Waals surface area contributed by atoms with E-state index in [1.807, 2.05) is 7.05 Å². The summed E-state index contributed by atoms with van der Waals surface area (Å²) in [5.74, 6) is 1.05. The summed E-state index contributed by atoms with van der Waals surface area (Å²) in [6, 6.07) is 8.84. The summed E-state index contributed by atoms with van der Waals surface area (Å²) in [6.45, 7) is 12.3. The molecule has 1 aromatic carbocycles. The maximum absolute atomic E-state index is 4.46. The van der Waals surface area contributed by atoms with Crippen LogP contribution in [0, 0.1) is 0 Å². The van der Waals surface area contributed by atoms with Crippen LogP contribution in [0.3, 0.4) is 0 Å². The number of nitrogens with zero attached hydrogens (tertiary/aromatic N) is 4. The van der Waals surface area contributed by atoms with E-state index in [1.54, 1.807) is 0 Å². The Morgan fingerprint density at radius 2 is 1.58 bits per heavy atom. The molecule has 2 fully saturated rings. The van der Waals surface area contributed by atoms with Crippen LogP contribution in [0.2, 0.25) is 0 Å². The number of benzene rings is 1. The zero-order valence-corrected chi connectivity index (χ0v) is 18.6. The lowest BCUT2D eigenvalue weighted by Crippen LogP contribution is -2.45. The number of piperazine rings is 1. The molecule has 2 aliphatic heterocycles. The van der Waals surface area contributed by atoms with E-state index >= 15 is 0 Å². The fourth-order valence-corrected chi connectivity index (χ4v) is 3.82. The molecule has 5 nitrogen and oxygen atoms in total. The molecule has 3 rings (SSSR count). The van der Waals surface area contributed by atoms with E-state index < -0.39 is 0 Å². The second-order valence-corrected chi connectivity index (χ2v) is 7.07. The zero-order valence-electron chi connectivity index (χ0n) is 16.3. The van der Waals surface area contributed by atoms with Crippen LogP contribution >= 0.6 is 24.0 Å². The van der Waals surface area contributed by atoms with Crippen LogP contribution in [0.15, 0.2) is 29.3 Å². The number of aliphatic imine (C=N–C) groups is 1. The highest BCUT2D eigenvalue weighted by Crippen LogP contribution is 2.14. The fraction of sp³-hybridized carbons (Fsp3) is 0.650. The van der Waals surface area contributed by atoms with E-state index in [-0.39, 0.29) is 24.0 Å². The van der Waals surface area contributed by atoms with Crippen molar-refractivity contribution in [3.8, 4) is 0 Å². The van der Waals surface area contributed by atoms with Crippen LogP contribution in [0.1, 0.15) is 30.9 Å². The van der Waals surface area contributed by atoms with Gasteiger partial charge in [0.05, 0.1) is 0 Å². The molecular formula is C20H34IN5. The first-order chi connectivity index (χ1) is 12.3. The molecule has 0 aliphatic carbocycles. The maximum Gasteiger partial charge on any atom is 0.193 e. The van der Waals surface area contributed by atoms with Crippen molar-refractivity contribution >= 4 is 29.9 Å². The van der Waals surface area contributed by atoms with Crippen molar-refractivity contribution in [3.05, 3.63) is 35.4 Å². The van der Waals surface area contributed by atoms with Crippen molar-refractivity contribution in [2.45, 2.75) is 32.9 Å². The van der Waals surface area contributed by atoms with Crippen molar-refractivity contribution in [1.29, 1.82) is 0 Å². The van der Waals surface area contributed by atoms with Gasteiger partial charge < -0.3 is 15.1 Å². The number of hydrogen-bond donors (Lipinski definition) is 1. The third-order valence-corrected chi connectivity index (χ3v) is 5.48. The molecular weight excluding hydrogens is 437 g/mol. The largest absolute Gasteiger partial charge is 0.352 e. The average molecular weight is 471 g/mol. The van der Waals surface area contributed by atoms with Crippen LogP contribution in [-0.4, -0.2) is 73.5 Å². The Balaban J connectivity index is 0.00000243. The summed E-state index contributed by atoms with van der Waals surface area (Å²) in [5.41, 5.74) is 2.83. The molecule has 0 bridgehead atoms. The van der Waals surface area contributed by atoms with Gasteiger partial charge in [-0.1, -0.05) is 31.2 Å². The highest BCUT2D eigenvalue weighted by molar-refractivity contribution is 14.0. The molecule has 0 aromatic heterocycles. The highest BCUT2D eigenvalue weighted by Gasteiger charge is 2.18. The first-order valence-electron chi connectivity index (χ1n) is 9.77. The lowest BCUT2D eigenvalue weighted by atomic mass is 10.1. The summed E-state index contributed by atoms with van der Waals surface area (Å²) in [5, 5.41) is 3.57. The number of rotatable bonds is 5. The van der Waals surface area contributed by atoms with Gasteiger partial charge in [-0.3, -0.25) is 9.89 Å². The zero-order chi connectivity index (χ0) is 17.5. The van der Waals surface area contributed by atoms with E-state index in [0.717, 1.165) is 32.1 Å². The minimum Gasteiger partial charge on any atom is -0.352 e. The molecule has 6 heteroatoms. The fourth-order valence-electron chi connectivity index (χ4n) is 3.82. The Morgan fingerprint density at radius 3 is 2.19 bits per heavy atom. The van der Waals surface area contributed by atoms with Crippen molar-refractivity contribution in [2.24, 2.45) is 4.99 Å². The summed E-state index contributed by atoms with van der Waals surface area (Å²) >= 11 is 0. The van der Waals surface area contributed by atoms with Gasteiger partial charge in [-0.2, -0.15) is 0 Å². The SMILES string of the molecule is CCN1CCN(Cc2ccccc2CNC(=NC)N2CCCC2)CC1.I. The monoisotopic (exact) mass is 471 g/mol. The van der Waals surface area contributed by atoms with Gasteiger partial charge in [-0.25, -0.2) is 0 Å². The molecule has 0 radical (unpaired) electrons. The van der Waals surface area contributed by atoms with Crippen molar-refractivity contribution in [2.75, 3.05) is 52.9 Å². The van der Waals surface area contributed by atoms with Gasteiger partial charge in [0.15, 0.2) is 5.96 Å². The lowest BCUT2D eigenvalue weighted by molar-refractivity contribution is 0.131. The quantitative estimate of drug-likeness (QED) is 0.407. The van der Waals surface area contributed by atoms with Gasteiger partial charge in [0, 0.05) is 59.4 Å². The molecule has 2 heterocycles. The second kappa shape index (κ2) is 11.1. The molecule has 2 saturated heterocycles. The molecule has 1 N–H and O–H groups in total. The highest BCUT2D eigenvalue weighted by atomic mass is 127. The van der Waals surface area contributed by atoms with Gasteiger partial charge in [-0.15, -0.1) is 24.0 Å². The van der Waals surface area contributed by atoms with Crippen LogP contribution in [0.4, 0.5) is 0 Å². The van der Waals surface area contributed by atoms with E-state index in [0.29, 0.717) is 0 Å². The predicted octanol–water partition coefficient (Wildman–Crippen LogP) is 2.61. The third-order valence-electron chi connectivity index (χ3n) is 5.48. The number of guanidine groups is 1. The smallest absolute Gasteiger partial charge is 0.193 e. The Labute approximate surface area is 175 Å². The van der Waals surface area contributed by atoms with Crippen molar-refractivity contribution in [1.82, 2.24) is 20.0 Å². The molecule has 26 heavy (non-hydrogen) atoms. The van der Waals surface area contributed by atoms with Crippen molar-refractivity contribution < 1.29 is 0 Å². The van der Waals surface area contributed by atoms with E-state index in [1.165, 1.54) is 56.7 Å². The molecule has 146 valence electrons. The van der Waals surface area contributed by atoms with E-state index in [9.17, 15) is 0 Å². The molecule has 0 atom stereocenters. The Morgan fingerprint density at radius 1 is 0.962 bits per heavy atom. The Kier molecular flexibility index (Phi) is 9.15. The van der Waals surface area contributed by atoms with E-state index in [4.69, 9.17) is 0 Å². The average Bonchev–Trinajstić information content (AvgIpc) is 3.19. The summed E-state index contributed by atoms with van der Waals surface area (Å²) in [7, 11) is 1.89. The van der Waals surface area contributed by atoms with Gasteiger partial charge in [0.2, 0.25) is 0 Å². The van der Waals surface area contributed by atoms with Crippen LogP contribution in [0.25, 0.3) is 0 Å². The first kappa shape index (κ1) is 21.4. The van der Waals surface area contributed by atoms with Crippen LogP contribution in [0.5, 0.6) is 0 Å². The summed E-state index contributed by atoms with van der Waals surface area (Å²) in [4.78, 5) is 11.9. The van der Waals surface area contributed by atoms with Gasteiger partial charge in [-0.05, 0) is 30.5 Å². The number of nitrogens with one attached hydrogen (secondary N) is 1. The number of hydrogen-bond acceptors (Lipinski definition) is 3. The molecule has 0 spiro atoms. The third kappa shape index (κ3) is 5.82. The number of likely N-dealkylation sites (N-methyl/N-ethyl adjacent to an activating group) is 1. The van der Waals surface area contributed by atoms with Gasteiger partial charge in [0.25, 0.3) is 0 Å². The lowest BCUT2D eigenvalue weighted by Gasteiger charge is -2.34. The minimum absolute atomic E-state index is 0. The standard InChI is InChI=1S/C20H33N5.HI/c1-3-23-12-14-24(15-13-23)17-19-9-5-4-8-18(19)16-22-20(21-2)25-10-6-7-11-25;/h4-5,8-9H,3,6-7,10-17H2,1-2H3,(H,21,22);1H. The minimum atomic E-state index is 0. The summed E-state index contributed by atoms with van der Waals surface area (Å²) in [6.07, 6.45) is 2.56.